The number of fused-ring (bicyclic) bond motifs is 2. The number of hydrogen-bond acceptors (Lipinski definition) is 6. The number of nitrogen functional groups attached to an aromatic ring is 1. The molecule has 1 unspecified atom stereocenters. The van der Waals surface area contributed by atoms with Gasteiger partial charge in [0.15, 0.2) is 0 Å². The third kappa shape index (κ3) is 6.04. The van der Waals surface area contributed by atoms with Gasteiger partial charge >= 0.3 is 6.03 Å². The van der Waals surface area contributed by atoms with Crippen LogP contribution in [0.5, 0.6) is 0 Å². The van der Waals surface area contributed by atoms with Crippen molar-refractivity contribution >= 4 is 12.0 Å². The average Bonchev–Trinajstić information content (AvgIpc) is 2.81. The smallest absolute Gasteiger partial charge is 0.318 e. The van der Waals surface area contributed by atoms with E-state index in [1.165, 1.54) is 5.56 Å². The van der Waals surface area contributed by atoms with Gasteiger partial charge in [-0.05, 0) is 63.4 Å². The van der Waals surface area contributed by atoms with Crippen LogP contribution in [0, 0.1) is 5.92 Å². The Morgan fingerprint density at radius 2 is 2.00 bits per heavy atom. The van der Waals surface area contributed by atoms with Crippen LogP contribution in [-0.4, -0.2) is 83.1 Å². The van der Waals surface area contributed by atoms with Gasteiger partial charge in [0.2, 0.25) is 5.95 Å². The number of nitrogens with zero attached hydrogens (tertiary/aromatic N) is 5. The highest BCUT2D eigenvalue weighted by Gasteiger charge is 2.40. The summed E-state index contributed by atoms with van der Waals surface area (Å²) >= 11 is 0. The van der Waals surface area contributed by atoms with Gasteiger partial charge in [0.1, 0.15) is 0 Å². The lowest BCUT2D eigenvalue weighted by atomic mass is 9.76. The van der Waals surface area contributed by atoms with Crippen LogP contribution in [0.4, 0.5) is 10.7 Å². The van der Waals surface area contributed by atoms with Crippen molar-refractivity contribution < 1.29 is 4.79 Å². The largest absolute Gasteiger partial charge is 0.368 e. The fraction of sp³-hybridized carbons (Fsp3) is 0.577. The summed E-state index contributed by atoms with van der Waals surface area (Å²) in [5.74, 6) is 0.803. The van der Waals surface area contributed by atoms with Crippen molar-refractivity contribution in [2.75, 3.05) is 46.0 Å². The van der Waals surface area contributed by atoms with Gasteiger partial charge in [-0.1, -0.05) is 37.3 Å². The van der Waals surface area contributed by atoms with Crippen LogP contribution in [0.2, 0.25) is 0 Å². The number of nitrogens with two attached hydrogens (primary N) is 1. The minimum atomic E-state index is 0.0216. The van der Waals surface area contributed by atoms with Crippen LogP contribution in [0.3, 0.4) is 0 Å². The number of hydrogen-bond donors (Lipinski definition) is 2. The number of amides is 2. The summed E-state index contributed by atoms with van der Waals surface area (Å²) in [6.45, 7) is 6.28. The Balaban J connectivity index is 1.46. The van der Waals surface area contributed by atoms with Crippen LogP contribution < -0.4 is 11.1 Å². The fourth-order valence-electron chi connectivity index (χ4n) is 5.40. The Kier molecular flexibility index (Phi) is 8.00. The number of nitrogens with one attached hydrogen (secondary N) is 1. The topological polar surface area (TPSA) is 90.6 Å². The van der Waals surface area contributed by atoms with Crippen molar-refractivity contribution in [2.24, 2.45) is 5.92 Å². The molecule has 3 atom stereocenters. The maximum absolute atomic E-state index is 13.4. The molecular formula is C26H39N7O. The molecule has 1 aliphatic carbocycles. The summed E-state index contributed by atoms with van der Waals surface area (Å²) in [6, 6.07) is 10.8. The maximum atomic E-state index is 13.4. The minimum Gasteiger partial charge on any atom is -0.368 e. The monoisotopic (exact) mass is 465 g/mol. The van der Waals surface area contributed by atoms with Gasteiger partial charge in [-0.3, -0.25) is 4.90 Å². The van der Waals surface area contributed by atoms with Crippen LogP contribution in [-0.2, 0) is 19.4 Å². The number of piperidine rings is 1. The van der Waals surface area contributed by atoms with Crippen molar-refractivity contribution in [1.29, 1.82) is 0 Å². The molecule has 8 heteroatoms. The number of urea groups is 1. The number of benzene rings is 1. The highest BCUT2D eigenvalue weighted by molar-refractivity contribution is 5.74. The zero-order valence-electron chi connectivity index (χ0n) is 20.8. The van der Waals surface area contributed by atoms with Crippen molar-refractivity contribution in [3.63, 3.8) is 0 Å². The molecule has 2 aromatic rings. The maximum Gasteiger partial charge on any atom is 0.318 e. The third-order valence-corrected chi connectivity index (χ3v) is 7.07. The van der Waals surface area contributed by atoms with Crippen LogP contribution in [0.25, 0.3) is 0 Å². The SMILES string of the molecule is CCCN1C[C@@H](NC(=O)N(CCN(C)C)Cc2ccccc2)C[C@@H]2Cc3nc(N)ncc3CC21. The second kappa shape index (κ2) is 11.1. The lowest BCUT2D eigenvalue weighted by molar-refractivity contribution is 0.0622. The van der Waals surface area contributed by atoms with E-state index < -0.39 is 0 Å². The van der Waals surface area contributed by atoms with Gasteiger partial charge in [0, 0.05) is 50.2 Å². The summed E-state index contributed by atoms with van der Waals surface area (Å²) in [6.07, 6.45) is 5.82. The van der Waals surface area contributed by atoms with E-state index in [9.17, 15) is 4.79 Å². The van der Waals surface area contributed by atoms with Crippen LogP contribution in [0.1, 0.15) is 36.6 Å². The first-order valence-corrected chi connectivity index (χ1v) is 12.5. The van der Waals surface area contributed by atoms with Gasteiger partial charge in [-0.15, -0.1) is 0 Å². The first-order valence-electron chi connectivity index (χ1n) is 12.5. The number of carbonyl (C=O) groups is 1. The quantitative estimate of drug-likeness (QED) is 0.622. The summed E-state index contributed by atoms with van der Waals surface area (Å²) in [7, 11) is 4.08. The summed E-state index contributed by atoms with van der Waals surface area (Å²) in [5.41, 5.74) is 9.31. The van der Waals surface area contributed by atoms with Gasteiger partial charge in [-0.25, -0.2) is 14.8 Å². The molecule has 2 amide bonds. The molecule has 8 nitrogen and oxygen atoms in total. The number of carbonyl (C=O) groups excluding carboxylic acids is 1. The lowest BCUT2D eigenvalue weighted by Crippen LogP contribution is -2.59. The van der Waals surface area contributed by atoms with E-state index >= 15 is 0 Å². The first-order chi connectivity index (χ1) is 16.4. The number of aromatic nitrogens is 2. The van der Waals surface area contributed by atoms with Gasteiger partial charge in [-0.2, -0.15) is 0 Å². The van der Waals surface area contributed by atoms with E-state index in [4.69, 9.17) is 5.73 Å². The minimum absolute atomic E-state index is 0.0216. The van der Waals surface area contributed by atoms with E-state index in [0.29, 0.717) is 31.0 Å². The Morgan fingerprint density at radius 1 is 1.21 bits per heavy atom. The normalized spacial score (nSPS) is 22.2. The van der Waals surface area contributed by atoms with E-state index in [1.807, 2.05) is 43.4 Å². The lowest BCUT2D eigenvalue weighted by Gasteiger charge is -2.47. The molecule has 1 fully saturated rings. The molecule has 1 aromatic carbocycles. The molecule has 0 saturated carbocycles. The molecule has 3 N–H and O–H groups in total. The molecule has 1 aromatic heterocycles. The average molecular weight is 466 g/mol. The van der Waals surface area contributed by atoms with Crippen molar-refractivity contribution in [1.82, 2.24) is 30.0 Å². The molecule has 1 saturated heterocycles. The van der Waals surface area contributed by atoms with Crippen LogP contribution >= 0.6 is 0 Å². The molecule has 2 aliphatic rings. The Hall–Kier alpha value is -2.71. The van der Waals surface area contributed by atoms with Gasteiger partial charge in [0.25, 0.3) is 0 Å². The molecule has 0 spiro atoms. The second-order valence-electron chi connectivity index (χ2n) is 10.0. The number of likely N-dealkylation sites (N-methyl/N-ethyl adjacent to an activating group) is 1. The Bertz CT molecular complexity index is 951. The van der Waals surface area contributed by atoms with Gasteiger partial charge in [0.05, 0.1) is 0 Å². The zero-order valence-corrected chi connectivity index (χ0v) is 20.8. The van der Waals surface area contributed by atoms with E-state index in [1.54, 1.807) is 0 Å². The zero-order chi connectivity index (χ0) is 24.1. The molecular weight excluding hydrogens is 426 g/mol. The summed E-state index contributed by atoms with van der Waals surface area (Å²) in [4.78, 5) is 28.8. The highest BCUT2D eigenvalue weighted by atomic mass is 16.2. The van der Waals surface area contributed by atoms with Crippen LogP contribution in [0.15, 0.2) is 36.5 Å². The second-order valence-corrected chi connectivity index (χ2v) is 10.0. The van der Waals surface area contributed by atoms with Crippen molar-refractivity contribution in [2.45, 2.75) is 51.2 Å². The standard InChI is InChI=1S/C26H39N7O/c1-4-10-32-18-22(13-20-14-23-21(15-24(20)32)16-28-25(27)30-23)29-26(34)33(12-11-31(2)3)17-19-8-6-5-7-9-19/h5-9,16,20,22,24H,4,10-15,17-18H2,1-3H3,(H,29,34)(H2,27,28,30)/t20-,22+,24?/m1/s1. The van der Waals surface area contributed by atoms with Crippen molar-refractivity contribution in [3.05, 3.63) is 53.3 Å². The third-order valence-electron chi connectivity index (χ3n) is 7.07. The fourth-order valence-corrected chi connectivity index (χ4v) is 5.40. The number of rotatable bonds is 8. The van der Waals surface area contributed by atoms with Gasteiger partial charge < -0.3 is 20.9 Å². The number of likely N-dealkylation sites (tertiary alicyclic amines) is 1. The van der Waals surface area contributed by atoms with E-state index in [2.05, 4.69) is 44.1 Å². The molecule has 0 radical (unpaired) electrons. The van der Waals surface area contributed by atoms with E-state index in [-0.39, 0.29) is 12.1 Å². The predicted molar refractivity (Wildman–Crippen MR) is 135 cm³/mol. The highest BCUT2D eigenvalue weighted by Crippen LogP contribution is 2.34. The van der Waals surface area contributed by atoms with E-state index in [0.717, 1.165) is 56.6 Å². The molecule has 34 heavy (non-hydrogen) atoms. The molecule has 1 aliphatic heterocycles. The predicted octanol–water partition coefficient (Wildman–Crippen LogP) is 2.40. The molecule has 184 valence electrons. The van der Waals surface area contributed by atoms with Crippen molar-refractivity contribution in [3.8, 4) is 0 Å². The summed E-state index contributed by atoms with van der Waals surface area (Å²) in [5, 5.41) is 3.39. The Labute approximate surface area is 203 Å². The molecule has 4 rings (SSSR count). The molecule has 0 bridgehead atoms. The summed E-state index contributed by atoms with van der Waals surface area (Å²) < 4.78 is 0. The first kappa shape index (κ1) is 24.4. The number of anilines is 1. The Morgan fingerprint density at radius 3 is 2.74 bits per heavy atom. The molecule has 2 heterocycles.